The zero-order chi connectivity index (χ0) is 14.7. The first-order valence-electron chi connectivity index (χ1n) is 6.70. The molecule has 1 N–H and O–H groups in total. The van der Waals surface area contributed by atoms with Gasteiger partial charge in [-0.25, -0.2) is 4.39 Å². The number of aryl methyl sites for hydroxylation is 2. The van der Waals surface area contributed by atoms with Gasteiger partial charge in [0.05, 0.1) is 17.4 Å². The molecule has 1 aromatic heterocycles. The van der Waals surface area contributed by atoms with E-state index in [1.54, 1.807) is 12.1 Å². The highest BCUT2D eigenvalue weighted by Gasteiger charge is 2.17. The fourth-order valence-corrected chi connectivity index (χ4v) is 2.52. The molecule has 0 spiro atoms. The molecule has 0 bridgehead atoms. The fraction of sp³-hybridized carbons (Fsp3) is 0.400. The first kappa shape index (κ1) is 15.0. The van der Waals surface area contributed by atoms with Crippen LogP contribution in [0, 0.1) is 12.7 Å². The van der Waals surface area contributed by atoms with E-state index in [1.165, 1.54) is 6.07 Å². The number of hydrogen-bond acceptors (Lipinski definition) is 2. The van der Waals surface area contributed by atoms with Gasteiger partial charge in [-0.1, -0.05) is 17.7 Å². The van der Waals surface area contributed by atoms with Crippen LogP contribution in [0.15, 0.2) is 24.3 Å². The van der Waals surface area contributed by atoms with E-state index in [-0.39, 0.29) is 11.9 Å². The summed E-state index contributed by atoms with van der Waals surface area (Å²) in [6.45, 7) is 4.81. The normalized spacial score (nSPS) is 12.7. The number of nitrogens with one attached hydrogen (secondary N) is 1. The average Bonchev–Trinajstić information content (AvgIpc) is 2.79. The van der Waals surface area contributed by atoms with Crippen LogP contribution in [-0.4, -0.2) is 16.8 Å². The van der Waals surface area contributed by atoms with E-state index >= 15 is 0 Å². The molecule has 1 unspecified atom stereocenters. The summed E-state index contributed by atoms with van der Waals surface area (Å²) in [6.07, 6.45) is 0.560. The topological polar surface area (TPSA) is 29.9 Å². The summed E-state index contributed by atoms with van der Waals surface area (Å²) in [5.41, 5.74) is 2.69. The van der Waals surface area contributed by atoms with Crippen LogP contribution in [0.3, 0.4) is 0 Å². The average molecular weight is 296 g/mol. The number of aromatic nitrogens is 2. The molecule has 0 aliphatic carbocycles. The monoisotopic (exact) mass is 295 g/mol. The Kier molecular flexibility index (Phi) is 4.78. The molecule has 1 aromatic carbocycles. The molecule has 1 heterocycles. The van der Waals surface area contributed by atoms with Crippen molar-refractivity contribution in [3.05, 3.63) is 52.1 Å². The highest BCUT2D eigenvalue weighted by atomic mass is 35.5. The van der Waals surface area contributed by atoms with Gasteiger partial charge in [0.2, 0.25) is 0 Å². The molecule has 2 rings (SSSR count). The molecular formula is C15H19ClFN3. The van der Waals surface area contributed by atoms with Crippen LogP contribution in [0.1, 0.15) is 29.9 Å². The maximum atomic E-state index is 13.9. The van der Waals surface area contributed by atoms with Gasteiger partial charge in [-0.3, -0.25) is 4.68 Å². The zero-order valence-electron chi connectivity index (χ0n) is 12.0. The Hall–Kier alpha value is -1.39. The van der Waals surface area contributed by atoms with Crippen molar-refractivity contribution in [1.29, 1.82) is 0 Å². The lowest BCUT2D eigenvalue weighted by Crippen LogP contribution is -2.22. The van der Waals surface area contributed by atoms with Crippen LogP contribution in [-0.2, 0) is 13.0 Å². The quantitative estimate of drug-likeness (QED) is 0.915. The predicted molar refractivity (Wildman–Crippen MR) is 79.6 cm³/mol. The number of hydrogen-bond donors (Lipinski definition) is 1. The van der Waals surface area contributed by atoms with Crippen LogP contribution >= 0.6 is 11.6 Å². The maximum absolute atomic E-state index is 13.9. The number of nitrogens with zero attached hydrogens (tertiary/aromatic N) is 2. The Labute approximate surface area is 123 Å². The van der Waals surface area contributed by atoms with Gasteiger partial charge in [0.25, 0.3) is 0 Å². The van der Waals surface area contributed by atoms with E-state index in [4.69, 9.17) is 11.6 Å². The standard InChI is InChI=1S/C15H19ClFN3/c1-4-20-15(7-10(2)19-20)14(18-3)8-11-5-6-12(16)9-13(11)17/h5-7,9,14,18H,4,8H2,1-3H3. The summed E-state index contributed by atoms with van der Waals surface area (Å²) in [4.78, 5) is 0. The second-order valence-electron chi connectivity index (χ2n) is 4.81. The summed E-state index contributed by atoms with van der Waals surface area (Å²) in [5, 5.41) is 8.09. The van der Waals surface area contributed by atoms with E-state index in [0.717, 1.165) is 17.9 Å². The Morgan fingerprint density at radius 2 is 2.15 bits per heavy atom. The van der Waals surface area contributed by atoms with E-state index in [9.17, 15) is 4.39 Å². The van der Waals surface area contributed by atoms with Gasteiger partial charge in [0.15, 0.2) is 0 Å². The first-order valence-corrected chi connectivity index (χ1v) is 7.08. The van der Waals surface area contributed by atoms with Crippen LogP contribution in [0.5, 0.6) is 0 Å². The smallest absolute Gasteiger partial charge is 0.127 e. The third-order valence-corrected chi connectivity index (χ3v) is 3.61. The minimum atomic E-state index is -0.267. The summed E-state index contributed by atoms with van der Waals surface area (Å²) in [7, 11) is 1.88. The van der Waals surface area contributed by atoms with Crippen LogP contribution in [0.25, 0.3) is 0 Å². The molecule has 0 aliphatic rings. The van der Waals surface area contributed by atoms with E-state index in [1.807, 2.05) is 31.6 Å². The van der Waals surface area contributed by atoms with Crippen LogP contribution in [0.4, 0.5) is 4.39 Å². The molecule has 20 heavy (non-hydrogen) atoms. The van der Waals surface area contributed by atoms with Crippen molar-refractivity contribution in [2.45, 2.75) is 32.9 Å². The molecule has 1 atom stereocenters. The van der Waals surface area contributed by atoms with Crippen LogP contribution < -0.4 is 5.32 Å². The third kappa shape index (κ3) is 3.19. The van der Waals surface area contributed by atoms with Crippen LogP contribution in [0.2, 0.25) is 5.02 Å². The molecular weight excluding hydrogens is 277 g/mol. The minimum absolute atomic E-state index is 0.0202. The van der Waals surface area contributed by atoms with Crippen molar-refractivity contribution >= 4 is 11.6 Å². The molecule has 108 valence electrons. The Balaban J connectivity index is 2.28. The molecule has 5 heteroatoms. The highest BCUT2D eigenvalue weighted by molar-refractivity contribution is 6.30. The summed E-state index contributed by atoms with van der Waals surface area (Å²) >= 11 is 5.79. The summed E-state index contributed by atoms with van der Waals surface area (Å²) in [5.74, 6) is -0.267. The SMILES string of the molecule is CCn1nc(C)cc1C(Cc1ccc(Cl)cc1F)NC. The second-order valence-corrected chi connectivity index (χ2v) is 5.24. The lowest BCUT2D eigenvalue weighted by Gasteiger charge is -2.18. The number of halogens is 2. The molecule has 3 nitrogen and oxygen atoms in total. The lowest BCUT2D eigenvalue weighted by atomic mass is 10.0. The molecule has 0 amide bonds. The van der Waals surface area contributed by atoms with Gasteiger partial charge in [-0.05, 0) is 51.1 Å². The number of likely N-dealkylation sites (N-methyl/N-ethyl adjacent to an activating group) is 1. The van der Waals surface area contributed by atoms with E-state index < -0.39 is 0 Å². The molecule has 0 aliphatic heterocycles. The second kappa shape index (κ2) is 6.37. The van der Waals surface area contributed by atoms with Gasteiger partial charge in [-0.2, -0.15) is 5.10 Å². The molecule has 2 aromatic rings. The third-order valence-electron chi connectivity index (χ3n) is 3.38. The van der Waals surface area contributed by atoms with E-state index in [0.29, 0.717) is 17.0 Å². The molecule has 0 saturated carbocycles. The van der Waals surface area contributed by atoms with Crippen molar-refractivity contribution < 1.29 is 4.39 Å². The summed E-state index contributed by atoms with van der Waals surface area (Å²) in [6, 6.07) is 6.87. The van der Waals surface area contributed by atoms with Gasteiger partial charge in [0, 0.05) is 11.6 Å². The first-order chi connectivity index (χ1) is 9.55. The molecule has 0 radical (unpaired) electrons. The Bertz CT molecular complexity index is 595. The van der Waals surface area contributed by atoms with Gasteiger partial charge in [0.1, 0.15) is 5.82 Å². The van der Waals surface area contributed by atoms with Crippen molar-refractivity contribution in [1.82, 2.24) is 15.1 Å². The summed E-state index contributed by atoms with van der Waals surface area (Å²) < 4.78 is 15.9. The van der Waals surface area contributed by atoms with Crippen molar-refractivity contribution in [2.75, 3.05) is 7.05 Å². The van der Waals surface area contributed by atoms with Crippen molar-refractivity contribution in [3.63, 3.8) is 0 Å². The number of benzene rings is 1. The molecule has 0 fully saturated rings. The van der Waals surface area contributed by atoms with Crippen molar-refractivity contribution in [3.8, 4) is 0 Å². The minimum Gasteiger partial charge on any atom is -0.311 e. The number of rotatable bonds is 5. The van der Waals surface area contributed by atoms with Gasteiger partial charge < -0.3 is 5.32 Å². The Morgan fingerprint density at radius 1 is 1.40 bits per heavy atom. The Morgan fingerprint density at radius 3 is 2.75 bits per heavy atom. The van der Waals surface area contributed by atoms with Crippen molar-refractivity contribution in [2.24, 2.45) is 0 Å². The predicted octanol–water partition coefficient (Wildman–Crippen LogP) is 3.51. The maximum Gasteiger partial charge on any atom is 0.127 e. The fourth-order valence-electron chi connectivity index (χ4n) is 2.36. The van der Waals surface area contributed by atoms with Gasteiger partial charge in [-0.15, -0.1) is 0 Å². The van der Waals surface area contributed by atoms with E-state index in [2.05, 4.69) is 10.4 Å². The molecule has 0 saturated heterocycles. The largest absolute Gasteiger partial charge is 0.311 e. The lowest BCUT2D eigenvalue weighted by molar-refractivity contribution is 0.501. The zero-order valence-corrected chi connectivity index (χ0v) is 12.7. The highest BCUT2D eigenvalue weighted by Crippen LogP contribution is 2.22. The van der Waals surface area contributed by atoms with Gasteiger partial charge >= 0.3 is 0 Å².